The van der Waals surface area contributed by atoms with Gasteiger partial charge in [0.05, 0.1) is 11.8 Å². The molecular weight excluding hydrogens is 254 g/mol. The zero-order valence-electron chi connectivity index (χ0n) is 11.3. The molecule has 2 bridgehead atoms. The van der Waals surface area contributed by atoms with Crippen molar-refractivity contribution in [3.8, 4) is 0 Å². The highest BCUT2D eigenvalue weighted by Gasteiger charge is 2.63. The summed E-state index contributed by atoms with van der Waals surface area (Å²) in [5.41, 5.74) is 1.96. The van der Waals surface area contributed by atoms with Gasteiger partial charge in [-0.1, -0.05) is 17.7 Å². The van der Waals surface area contributed by atoms with Crippen molar-refractivity contribution in [3.05, 3.63) is 29.8 Å². The monoisotopic (exact) mass is 271 g/mol. The summed E-state index contributed by atoms with van der Waals surface area (Å²) >= 11 is 0. The lowest BCUT2D eigenvalue weighted by Crippen LogP contribution is -2.35. The SMILES string of the molecule is Cc1ccc(NC(=O)[C@@H]2[C@H]3C[C@@H]4[C@@H]2C(=O)O[C@@H]4C3)cc1. The number of fused-ring (bicyclic) bond motifs is 1. The van der Waals surface area contributed by atoms with E-state index in [0.29, 0.717) is 5.92 Å². The molecule has 1 aliphatic heterocycles. The van der Waals surface area contributed by atoms with Crippen LogP contribution in [0.15, 0.2) is 24.3 Å². The Balaban J connectivity index is 1.54. The Morgan fingerprint density at radius 2 is 2.00 bits per heavy atom. The second-order valence-electron chi connectivity index (χ2n) is 6.28. The summed E-state index contributed by atoms with van der Waals surface area (Å²) in [6.45, 7) is 2.01. The van der Waals surface area contributed by atoms with Gasteiger partial charge in [0.15, 0.2) is 0 Å². The van der Waals surface area contributed by atoms with E-state index in [0.717, 1.165) is 24.1 Å². The molecule has 1 aromatic carbocycles. The van der Waals surface area contributed by atoms with E-state index < -0.39 is 0 Å². The quantitative estimate of drug-likeness (QED) is 0.838. The van der Waals surface area contributed by atoms with E-state index in [9.17, 15) is 9.59 Å². The Labute approximate surface area is 117 Å². The third-order valence-corrected chi connectivity index (χ3v) is 5.11. The molecule has 4 rings (SSSR count). The van der Waals surface area contributed by atoms with Crippen LogP contribution in [0.2, 0.25) is 0 Å². The maximum Gasteiger partial charge on any atom is 0.310 e. The van der Waals surface area contributed by atoms with Crippen LogP contribution in [-0.2, 0) is 14.3 Å². The Morgan fingerprint density at radius 1 is 1.25 bits per heavy atom. The maximum absolute atomic E-state index is 12.5. The third-order valence-electron chi connectivity index (χ3n) is 5.11. The molecule has 104 valence electrons. The first-order valence-electron chi connectivity index (χ1n) is 7.21. The number of nitrogens with one attached hydrogen (secondary N) is 1. The highest BCUT2D eigenvalue weighted by atomic mass is 16.6. The van der Waals surface area contributed by atoms with Gasteiger partial charge in [-0.15, -0.1) is 0 Å². The highest BCUT2D eigenvalue weighted by Crippen LogP contribution is 2.57. The summed E-state index contributed by atoms with van der Waals surface area (Å²) in [4.78, 5) is 24.4. The molecule has 20 heavy (non-hydrogen) atoms. The van der Waals surface area contributed by atoms with Gasteiger partial charge in [0.1, 0.15) is 6.10 Å². The summed E-state index contributed by atoms with van der Waals surface area (Å²) in [7, 11) is 0. The molecule has 5 atom stereocenters. The number of anilines is 1. The van der Waals surface area contributed by atoms with Gasteiger partial charge in [0.25, 0.3) is 0 Å². The first-order valence-corrected chi connectivity index (χ1v) is 7.21. The first kappa shape index (κ1) is 11.9. The number of aryl methyl sites for hydroxylation is 1. The molecule has 3 aliphatic rings. The number of hydrogen-bond donors (Lipinski definition) is 1. The normalized spacial score (nSPS) is 37.0. The van der Waals surface area contributed by atoms with Crippen molar-refractivity contribution in [2.75, 3.05) is 5.32 Å². The zero-order valence-corrected chi connectivity index (χ0v) is 11.3. The van der Waals surface area contributed by atoms with E-state index in [1.54, 1.807) is 0 Å². The van der Waals surface area contributed by atoms with Crippen LogP contribution >= 0.6 is 0 Å². The van der Waals surface area contributed by atoms with Crippen LogP contribution in [-0.4, -0.2) is 18.0 Å². The van der Waals surface area contributed by atoms with Crippen LogP contribution in [0, 0.1) is 30.6 Å². The van der Waals surface area contributed by atoms with Gasteiger partial charge in [-0.05, 0) is 37.8 Å². The van der Waals surface area contributed by atoms with Gasteiger partial charge in [-0.25, -0.2) is 0 Å². The minimum Gasteiger partial charge on any atom is -0.462 e. The number of benzene rings is 1. The fraction of sp³-hybridized carbons (Fsp3) is 0.500. The van der Waals surface area contributed by atoms with Crippen LogP contribution in [0.1, 0.15) is 18.4 Å². The molecule has 2 aliphatic carbocycles. The van der Waals surface area contributed by atoms with Crippen LogP contribution in [0.3, 0.4) is 0 Å². The van der Waals surface area contributed by atoms with E-state index in [2.05, 4.69) is 5.32 Å². The Morgan fingerprint density at radius 3 is 2.75 bits per heavy atom. The van der Waals surface area contributed by atoms with Crippen LogP contribution in [0.25, 0.3) is 0 Å². The topological polar surface area (TPSA) is 55.4 Å². The van der Waals surface area contributed by atoms with Crippen molar-refractivity contribution in [2.24, 2.45) is 23.7 Å². The molecule has 3 fully saturated rings. The van der Waals surface area contributed by atoms with E-state index >= 15 is 0 Å². The van der Waals surface area contributed by atoms with Gasteiger partial charge >= 0.3 is 5.97 Å². The molecule has 4 nitrogen and oxygen atoms in total. The third kappa shape index (κ3) is 1.60. The molecule has 1 heterocycles. The molecule has 0 unspecified atom stereocenters. The Hall–Kier alpha value is -1.84. The summed E-state index contributed by atoms with van der Waals surface area (Å²) in [5.74, 6) is -0.00220. The van der Waals surface area contributed by atoms with Crippen LogP contribution < -0.4 is 5.32 Å². The molecule has 4 heteroatoms. The molecule has 1 amide bonds. The summed E-state index contributed by atoms with van der Waals surface area (Å²) < 4.78 is 5.37. The Bertz CT molecular complexity index is 578. The van der Waals surface area contributed by atoms with E-state index in [1.165, 1.54) is 0 Å². The van der Waals surface area contributed by atoms with Gasteiger partial charge in [0, 0.05) is 11.6 Å². The number of amides is 1. The number of ether oxygens (including phenoxy) is 1. The van der Waals surface area contributed by atoms with Gasteiger partial charge in [-0.2, -0.15) is 0 Å². The van der Waals surface area contributed by atoms with Crippen molar-refractivity contribution in [3.63, 3.8) is 0 Å². The lowest BCUT2D eigenvalue weighted by atomic mass is 9.79. The van der Waals surface area contributed by atoms with Crippen LogP contribution in [0.5, 0.6) is 0 Å². The number of esters is 1. The minimum atomic E-state index is -0.204. The molecular formula is C16H17NO3. The second kappa shape index (κ2) is 4.08. The van der Waals surface area contributed by atoms with Gasteiger partial charge in [-0.3, -0.25) is 9.59 Å². The molecule has 1 saturated heterocycles. The smallest absolute Gasteiger partial charge is 0.310 e. The maximum atomic E-state index is 12.5. The van der Waals surface area contributed by atoms with Crippen molar-refractivity contribution >= 4 is 17.6 Å². The minimum absolute atomic E-state index is 0.0244. The largest absolute Gasteiger partial charge is 0.462 e. The summed E-state index contributed by atoms with van der Waals surface area (Å²) in [6, 6.07) is 7.74. The van der Waals surface area contributed by atoms with Gasteiger partial charge in [0.2, 0.25) is 5.91 Å². The van der Waals surface area contributed by atoms with Crippen molar-refractivity contribution < 1.29 is 14.3 Å². The molecule has 0 aromatic heterocycles. The predicted octanol–water partition coefficient (Wildman–Crippen LogP) is 2.13. The zero-order chi connectivity index (χ0) is 13.9. The molecule has 1 aromatic rings. The first-order chi connectivity index (χ1) is 9.63. The van der Waals surface area contributed by atoms with Crippen molar-refractivity contribution in [1.82, 2.24) is 0 Å². The Kier molecular flexibility index (Phi) is 2.43. The molecule has 0 radical (unpaired) electrons. The van der Waals surface area contributed by atoms with Crippen molar-refractivity contribution in [2.45, 2.75) is 25.9 Å². The second-order valence-corrected chi connectivity index (χ2v) is 6.28. The lowest BCUT2D eigenvalue weighted by molar-refractivity contribution is -0.145. The number of carbonyl (C=O) groups excluding carboxylic acids is 2. The number of hydrogen-bond acceptors (Lipinski definition) is 3. The number of carbonyl (C=O) groups is 2. The molecule has 2 saturated carbocycles. The van der Waals surface area contributed by atoms with E-state index in [4.69, 9.17) is 4.74 Å². The predicted molar refractivity (Wildman–Crippen MR) is 72.9 cm³/mol. The van der Waals surface area contributed by atoms with E-state index in [-0.39, 0.29) is 35.7 Å². The van der Waals surface area contributed by atoms with Gasteiger partial charge < -0.3 is 10.1 Å². The average molecular weight is 271 g/mol. The lowest BCUT2D eigenvalue weighted by Gasteiger charge is -2.23. The van der Waals surface area contributed by atoms with Crippen molar-refractivity contribution in [1.29, 1.82) is 0 Å². The highest BCUT2D eigenvalue weighted by molar-refractivity contribution is 5.96. The molecule has 1 N–H and O–H groups in total. The van der Waals surface area contributed by atoms with E-state index in [1.807, 2.05) is 31.2 Å². The van der Waals surface area contributed by atoms with Crippen LogP contribution in [0.4, 0.5) is 5.69 Å². The fourth-order valence-electron chi connectivity index (χ4n) is 4.23. The number of rotatable bonds is 2. The molecule has 0 spiro atoms. The fourth-order valence-corrected chi connectivity index (χ4v) is 4.23. The summed E-state index contributed by atoms with van der Waals surface area (Å²) in [5, 5.41) is 2.95. The summed E-state index contributed by atoms with van der Waals surface area (Å²) in [6.07, 6.45) is 1.91. The standard InChI is InChI=1S/C16H17NO3/c1-8-2-4-10(5-3-8)17-15(18)13-9-6-11-12(7-9)20-16(19)14(11)13/h2-5,9,11-14H,6-7H2,1H3,(H,17,18)/t9-,11-,12+,13+,14-/m0/s1. The average Bonchev–Trinajstić information content (AvgIpc) is 3.02.